The van der Waals surface area contributed by atoms with Crippen LogP contribution >= 0.6 is 11.8 Å². The molecule has 1 rings (SSSR count). The Morgan fingerprint density at radius 2 is 1.82 bits per heavy atom. The van der Waals surface area contributed by atoms with Gasteiger partial charge in [0.2, 0.25) is 11.8 Å². The smallest absolute Gasteiger partial charge is 0.237 e. The molecular formula is C17H24N2O2S. The molecule has 0 bridgehead atoms. The van der Waals surface area contributed by atoms with Gasteiger partial charge < -0.3 is 10.6 Å². The number of hydrogen-bond acceptors (Lipinski definition) is 3. The van der Waals surface area contributed by atoms with Crippen LogP contribution in [0.2, 0.25) is 0 Å². The van der Waals surface area contributed by atoms with Gasteiger partial charge in [-0.3, -0.25) is 9.59 Å². The summed E-state index contributed by atoms with van der Waals surface area (Å²) in [7, 11) is 0. The molecule has 0 radical (unpaired) electrons. The molecule has 0 saturated heterocycles. The molecule has 0 unspecified atom stereocenters. The number of benzene rings is 1. The monoisotopic (exact) mass is 320 g/mol. The van der Waals surface area contributed by atoms with E-state index in [1.807, 2.05) is 6.92 Å². The largest absolute Gasteiger partial charge is 0.326 e. The van der Waals surface area contributed by atoms with Crippen LogP contribution in [0.15, 0.2) is 36.9 Å². The maximum atomic E-state index is 12.0. The number of thioether (sulfide) groups is 1. The van der Waals surface area contributed by atoms with Crippen LogP contribution in [0, 0.1) is 0 Å². The molecule has 0 aliphatic heterocycles. The summed E-state index contributed by atoms with van der Waals surface area (Å²) < 4.78 is 0. The highest BCUT2D eigenvalue weighted by atomic mass is 32.2. The second-order valence-corrected chi connectivity index (χ2v) is 6.36. The Labute approximate surface area is 136 Å². The molecule has 2 N–H and O–H groups in total. The van der Waals surface area contributed by atoms with E-state index < -0.39 is 0 Å². The summed E-state index contributed by atoms with van der Waals surface area (Å²) >= 11 is 1.54. The summed E-state index contributed by atoms with van der Waals surface area (Å²) in [6.45, 7) is 7.56. The van der Waals surface area contributed by atoms with Crippen molar-refractivity contribution in [3.05, 3.63) is 36.9 Å². The van der Waals surface area contributed by atoms with Gasteiger partial charge >= 0.3 is 0 Å². The van der Waals surface area contributed by atoms with Crippen LogP contribution in [0.1, 0.15) is 33.1 Å². The van der Waals surface area contributed by atoms with E-state index in [9.17, 15) is 9.59 Å². The minimum absolute atomic E-state index is 0.0214. The fourth-order valence-corrected chi connectivity index (χ4v) is 2.36. The fourth-order valence-electron chi connectivity index (χ4n) is 1.73. The first-order valence-electron chi connectivity index (χ1n) is 7.50. The van der Waals surface area contributed by atoms with E-state index in [1.54, 1.807) is 30.3 Å². The van der Waals surface area contributed by atoms with Crippen LogP contribution in [0.4, 0.5) is 11.4 Å². The van der Waals surface area contributed by atoms with Gasteiger partial charge in [-0.2, -0.15) is 0 Å². The summed E-state index contributed by atoms with van der Waals surface area (Å²) in [6.07, 6.45) is 4.21. The summed E-state index contributed by atoms with van der Waals surface area (Å²) in [5.41, 5.74) is 1.47. The fraction of sp³-hybridized carbons (Fsp3) is 0.412. The van der Waals surface area contributed by atoms with Gasteiger partial charge in [0.25, 0.3) is 0 Å². The van der Waals surface area contributed by atoms with Gasteiger partial charge in [0.05, 0.1) is 5.25 Å². The maximum absolute atomic E-state index is 12.0. The highest BCUT2D eigenvalue weighted by Crippen LogP contribution is 2.17. The Bertz CT molecular complexity index is 500. The number of unbranched alkanes of at least 4 members (excludes halogenated alkanes) is 1. The van der Waals surface area contributed by atoms with Gasteiger partial charge in [0, 0.05) is 23.5 Å². The molecule has 0 heterocycles. The molecule has 0 aliphatic carbocycles. The van der Waals surface area contributed by atoms with Crippen molar-refractivity contribution in [1.29, 1.82) is 0 Å². The standard InChI is InChI=1S/C17H24N2O2S/c1-4-6-7-16(20)18-14-8-10-15(11-9-14)19-17(21)13(3)22-12-5-2/h5,8-11,13H,2,4,6-7,12H2,1,3H3,(H,18,20)(H,19,21)/t13-/m0/s1. The molecule has 0 aliphatic rings. The topological polar surface area (TPSA) is 58.2 Å². The molecule has 120 valence electrons. The molecule has 0 saturated carbocycles. The van der Waals surface area contributed by atoms with Crippen LogP contribution in [0.5, 0.6) is 0 Å². The average molecular weight is 320 g/mol. The number of anilines is 2. The molecule has 2 amide bonds. The van der Waals surface area contributed by atoms with E-state index in [4.69, 9.17) is 0 Å². The molecule has 1 atom stereocenters. The SMILES string of the molecule is C=CCS[C@@H](C)C(=O)Nc1ccc(NC(=O)CCCC)cc1. The Kier molecular flexibility index (Phi) is 8.36. The van der Waals surface area contributed by atoms with E-state index in [0.29, 0.717) is 6.42 Å². The van der Waals surface area contributed by atoms with Crippen LogP contribution in [0.25, 0.3) is 0 Å². The lowest BCUT2D eigenvalue weighted by molar-refractivity contribution is -0.116. The number of nitrogens with one attached hydrogen (secondary N) is 2. The van der Waals surface area contributed by atoms with Crippen molar-refractivity contribution in [3.8, 4) is 0 Å². The number of rotatable bonds is 9. The maximum Gasteiger partial charge on any atom is 0.237 e. The van der Waals surface area contributed by atoms with E-state index in [-0.39, 0.29) is 17.1 Å². The summed E-state index contributed by atoms with van der Waals surface area (Å²) in [5, 5.41) is 5.57. The van der Waals surface area contributed by atoms with E-state index in [2.05, 4.69) is 24.1 Å². The second-order valence-electron chi connectivity index (χ2n) is 4.98. The molecular weight excluding hydrogens is 296 g/mol. The molecule has 4 nitrogen and oxygen atoms in total. The minimum Gasteiger partial charge on any atom is -0.326 e. The third-order valence-corrected chi connectivity index (χ3v) is 4.17. The van der Waals surface area contributed by atoms with Gasteiger partial charge in [-0.05, 0) is 37.6 Å². The summed E-state index contributed by atoms with van der Waals surface area (Å²) in [6, 6.07) is 7.17. The first-order chi connectivity index (χ1) is 10.6. The van der Waals surface area contributed by atoms with Crippen molar-refractivity contribution in [2.45, 2.75) is 38.4 Å². The highest BCUT2D eigenvalue weighted by Gasteiger charge is 2.12. The van der Waals surface area contributed by atoms with Crippen LogP contribution in [-0.2, 0) is 9.59 Å². The zero-order valence-electron chi connectivity index (χ0n) is 13.2. The van der Waals surface area contributed by atoms with Crippen LogP contribution < -0.4 is 10.6 Å². The first kappa shape index (κ1) is 18.3. The Morgan fingerprint density at radius 3 is 2.36 bits per heavy atom. The van der Waals surface area contributed by atoms with Crippen molar-refractivity contribution < 1.29 is 9.59 Å². The average Bonchev–Trinajstić information content (AvgIpc) is 2.52. The molecule has 1 aromatic rings. The zero-order valence-corrected chi connectivity index (χ0v) is 14.0. The van der Waals surface area contributed by atoms with Gasteiger partial charge in [-0.25, -0.2) is 0 Å². The summed E-state index contributed by atoms with van der Waals surface area (Å²) in [5.74, 6) is 0.733. The van der Waals surface area contributed by atoms with Crippen molar-refractivity contribution in [2.24, 2.45) is 0 Å². The second kappa shape index (κ2) is 10.1. The Hall–Kier alpha value is -1.75. The Morgan fingerprint density at radius 1 is 1.23 bits per heavy atom. The predicted molar refractivity (Wildman–Crippen MR) is 95.3 cm³/mol. The molecule has 5 heteroatoms. The van der Waals surface area contributed by atoms with E-state index >= 15 is 0 Å². The van der Waals surface area contributed by atoms with Crippen molar-refractivity contribution in [3.63, 3.8) is 0 Å². The van der Waals surface area contributed by atoms with Crippen LogP contribution in [0.3, 0.4) is 0 Å². The molecule has 22 heavy (non-hydrogen) atoms. The van der Waals surface area contributed by atoms with Crippen LogP contribution in [-0.4, -0.2) is 22.8 Å². The third-order valence-electron chi connectivity index (χ3n) is 3.03. The van der Waals surface area contributed by atoms with Gasteiger partial charge in [0.15, 0.2) is 0 Å². The van der Waals surface area contributed by atoms with E-state index in [1.165, 1.54) is 11.8 Å². The molecule has 0 fully saturated rings. The van der Waals surface area contributed by atoms with Crippen molar-refractivity contribution >= 4 is 35.0 Å². The first-order valence-corrected chi connectivity index (χ1v) is 8.55. The van der Waals surface area contributed by atoms with Crippen molar-refractivity contribution in [2.75, 3.05) is 16.4 Å². The van der Waals surface area contributed by atoms with Gasteiger partial charge in [-0.15, -0.1) is 18.3 Å². The number of carbonyl (C=O) groups excluding carboxylic acids is 2. The lowest BCUT2D eigenvalue weighted by atomic mass is 10.2. The normalized spacial score (nSPS) is 11.5. The summed E-state index contributed by atoms with van der Waals surface area (Å²) in [4.78, 5) is 23.6. The Balaban J connectivity index is 2.49. The number of hydrogen-bond donors (Lipinski definition) is 2. The third kappa shape index (κ3) is 6.80. The quantitative estimate of drug-likeness (QED) is 0.675. The van der Waals surface area contributed by atoms with Gasteiger partial charge in [-0.1, -0.05) is 19.4 Å². The molecule has 0 aromatic heterocycles. The number of amides is 2. The predicted octanol–water partition coefficient (Wildman–Crippen LogP) is 4.06. The zero-order chi connectivity index (χ0) is 16.4. The lowest BCUT2D eigenvalue weighted by Gasteiger charge is -2.11. The highest BCUT2D eigenvalue weighted by molar-refractivity contribution is 8.00. The van der Waals surface area contributed by atoms with Crippen molar-refractivity contribution in [1.82, 2.24) is 0 Å². The number of carbonyl (C=O) groups is 2. The molecule has 0 spiro atoms. The molecule has 1 aromatic carbocycles. The lowest BCUT2D eigenvalue weighted by Crippen LogP contribution is -2.22. The van der Waals surface area contributed by atoms with Gasteiger partial charge in [0.1, 0.15) is 0 Å². The minimum atomic E-state index is -0.133. The van der Waals surface area contributed by atoms with E-state index in [0.717, 1.165) is 30.0 Å².